The van der Waals surface area contributed by atoms with E-state index in [0.29, 0.717) is 0 Å². The smallest absolute Gasteiger partial charge is 0.0200 e. The zero-order chi connectivity index (χ0) is 6.69. The highest BCUT2D eigenvalue weighted by Crippen LogP contribution is 2.35. The first-order chi connectivity index (χ1) is 4.34. The third-order valence-electron chi connectivity index (χ3n) is 2.11. The van der Waals surface area contributed by atoms with Gasteiger partial charge in [-0.15, -0.1) is 6.58 Å². The average Bonchev–Trinajstić information content (AvgIpc) is 1.86. The maximum atomic E-state index is 3.96. The van der Waals surface area contributed by atoms with Gasteiger partial charge in [0.1, 0.15) is 0 Å². The highest BCUT2D eigenvalue weighted by Gasteiger charge is 2.20. The summed E-state index contributed by atoms with van der Waals surface area (Å²) >= 11 is 0. The molecule has 1 unspecified atom stereocenters. The molecule has 1 saturated carbocycles. The Balaban J connectivity index is 2.13. The monoisotopic (exact) mass is 122 g/mol. The molecule has 0 radical (unpaired) electrons. The molecule has 0 amide bonds. The Hall–Kier alpha value is -0.520. The molecule has 1 aliphatic carbocycles. The summed E-state index contributed by atoms with van der Waals surface area (Å²) in [5, 5.41) is 0. The molecule has 0 aliphatic heterocycles. The molecule has 1 rings (SSSR count). The summed E-state index contributed by atoms with van der Waals surface area (Å²) in [5.41, 5.74) is 1.46. The minimum Gasteiger partial charge on any atom is -0.103 e. The lowest BCUT2D eigenvalue weighted by Gasteiger charge is -2.28. The van der Waals surface area contributed by atoms with Crippen molar-refractivity contribution in [2.45, 2.75) is 25.7 Å². The van der Waals surface area contributed by atoms with Gasteiger partial charge in [-0.1, -0.05) is 18.2 Å². The van der Waals surface area contributed by atoms with Gasteiger partial charge in [0.2, 0.25) is 0 Å². The van der Waals surface area contributed by atoms with Crippen LogP contribution in [0, 0.1) is 5.92 Å². The molecule has 1 atom stereocenters. The first-order valence-electron chi connectivity index (χ1n) is 3.63. The summed E-state index contributed by atoms with van der Waals surface area (Å²) in [4.78, 5) is 0. The lowest BCUT2D eigenvalue weighted by atomic mass is 9.78. The number of hydrogen-bond donors (Lipinski definition) is 0. The van der Waals surface area contributed by atoms with Gasteiger partial charge in [0.15, 0.2) is 0 Å². The fourth-order valence-electron chi connectivity index (χ4n) is 1.22. The van der Waals surface area contributed by atoms with E-state index in [1.54, 1.807) is 0 Å². The Morgan fingerprint density at radius 2 is 2.44 bits per heavy atom. The molecule has 50 valence electrons. The van der Waals surface area contributed by atoms with Crippen LogP contribution in [0.25, 0.3) is 0 Å². The van der Waals surface area contributed by atoms with Gasteiger partial charge in [-0.2, -0.15) is 0 Å². The van der Waals surface area contributed by atoms with Gasteiger partial charge in [-0.3, -0.25) is 0 Å². The molecule has 0 heteroatoms. The predicted octanol–water partition coefficient (Wildman–Crippen LogP) is 2.92. The maximum absolute atomic E-state index is 3.96. The average molecular weight is 122 g/mol. The lowest BCUT2D eigenvalue weighted by molar-refractivity contribution is 0.419. The van der Waals surface area contributed by atoms with Crippen LogP contribution in [-0.2, 0) is 0 Å². The first kappa shape index (κ1) is 6.60. The third-order valence-corrected chi connectivity index (χ3v) is 2.11. The van der Waals surface area contributed by atoms with Crippen molar-refractivity contribution in [3.8, 4) is 0 Å². The molecule has 0 aromatic heterocycles. The zero-order valence-corrected chi connectivity index (χ0v) is 5.90. The van der Waals surface area contributed by atoms with Crippen LogP contribution in [0.2, 0.25) is 0 Å². The second-order valence-electron chi connectivity index (χ2n) is 2.76. The van der Waals surface area contributed by atoms with Crippen LogP contribution < -0.4 is 0 Å². The normalized spacial score (nSPS) is 25.3. The minimum absolute atomic E-state index is 0.836. The van der Waals surface area contributed by atoms with E-state index in [9.17, 15) is 0 Å². The van der Waals surface area contributed by atoms with Crippen molar-refractivity contribution in [3.05, 3.63) is 24.8 Å². The van der Waals surface area contributed by atoms with Gasteiger partial charge < -0.3 is 0 Å². The van der Waals surface area contributed by atoms with E-state index < -0.39 is 0 Å². The summed E-state index contributed by atoms with van der Waals surface area (Å²) in [5.74, 6) is 0.836. The van der Waals surface area contributed by atoms with Gasteiger partial charge in [-0.05, 0) is 31.6 Å². The Morgan fingerprint density at radius 3 is 2.78 bits per heavy atom. The highest BCUT2D eigenvalue weighted by atomic mass is 14.3. The number of rotatable bonds is 3. The highest BCUT2D eigenvalue weighted by molar-refractivity contribution is 5.09. The summed E-state index contributed by atoms with van der Waals surface area (Å²) < 4.78 is 0. The minimum atomic E-state index is 0.836. The van der Waals surface area contributed by atoms with E-state index in [4.69, 9.17) is 0 Å². The molecule has 0 nitrogen and oxygen atoms in total. The largest absolute Gasteiger partial charge is 0.103 e. The van der Waals surface area contributed by atoms with Crippen molar-refractivity contribution in [2.24, 2.45) is 5.92 Å². The van der Waals surface area contributed by atoms with E-state index >= 15 is 0 Å². The van der Waals surface area contributed by atoms with Gasteiger partial charge in [-0.25, -0.2) is 0 Å². The van der Waals surface area contributed by atoms with Gasteiger partial charge >= 0.3 is 0 Å². The fraction of sp³-hybridized carbons (Fsp3) is 0.556. The van der Waals surface area contributed by atoms with Crippen LogP contribution in [0.15, 0.2) is 24.8 Å². The van der Waals surface area contributed by atoms with Crippen molar-refractivity contribution in [3.63, 3.8) is 0 Å². The van der Waals surface area contributed by atoms with Crippen LogP contribution in [0.5, 0.6) is 0 Å². The van der Waals surface area contributed by atoms with E-state index in [1.807, 2.05) is 6.08 Å². The van der Waals surface area contributed by atoms with Crippen molar-refractivity contribution in [2.75, 3.05) is 0 Å². The van der Waals surface area contributed by atoms with E-state index in [1.165, 1.54) is 24.8 Å². The molecule has 0 spiro atoms. The Labute approximate surface area is 57.3 Å². The zero-order valence-electron chi connectivity index (χ0n) is 5.90. The van der Waals surface area contributed by atoms with Crippen molar-refractivity contribution >= 4 is 0 Å². The standard InChI is InChI=1S/C9H14/c1-3-4-5-9-7-6-8(9)2/h3,9H,1-2,4-7H2. The molecule has 0 saturated heterocycles. The lowest BCUT2D eigenvalue weighted by Crippen LogP contribution is -2.13. The fourth-order valence-corrected chi connectivity index (χ4v) is 1.22. The predicted molar refractivity (Wildman–Crippen MR) is 41.3 cm³/mol. The third kappa shape index (κ3) is 1.44. The summed E-state index contributed by atoms with van der Waals surface area (Å²) in [6.07, 6.45) is 7.06. The quantitative estimate of drug-likeness (QED) is 0.505. The molecule has 0 bridgehead atoms. The number of allylic oxidation sites excluding steroid dienone is 2. The topological polar surface area (TPSA) is 0 Å². The van der Waals surface area contributed by atoms with Crippen molar-refractivity contribution in [1.29, 1.82) is 0 Å². The SMILES string of the molecule is C=CCCC1CCC1=C. The molecule has 0 N–H and O–H groups in total. The molecule has 0 heterocycles. The second kappa shape index (κ2) is 2.86. The van der Waals surface area contributed by atoms with Crippen LogP contribution in [0.3, 0.4) is 0 Å². The van der Waals surface area contributed by atoms with Crippen LogP contribution in [0.1, 0.15) is 25.7 Å². The Bertz CT molecular complexity index is 122. The molecular weight excluding hydrogens is 108 g/mol. The van der Waals surface area contributed by atoms with Crippen molar-refractivity contribution < 1.29 is 0 Å². The van der Waals surface area contributed by atoms with Crippen LogP contribution in [0.4, 0.5) is 0 Å². The molecule has 0 aromatic rings. The van der Waals surface area contributed by atoms with Gasteiger partial charge in [0.25, 0.3) is 0 Å². The Kier molecular flexibility index (Phi) is 2.10. The molecule has 9 heavy (non-hydrogen) atoms. The van der Waals surface area contributed by atoms with E-state index in [-0.39, 0.29) is 0 Å². The van der Waals surface area contributed by atoms with E-state index in [2.05, 4.69) is 13.2 Å². The summed E-state index contributed by atoms with van der Waals surface area (Å²) in [6.45, 7) is 7.65. The van der Waals surface area contributed by atoms with Gasteiger partial charge in [0, 0.05) is 0 Å². The van der Waals surface area contributed by atoms with Crippen molar-refractivity contribution in [1.82, 2.24) is 0 Å². The summed E-state index contributed by atoms with van der Waals surface area (Å²) in [6, 6.07) is 0. The second-order valence-corrected chi connectivity index (χ2v) is 2.76. The molecule has 1 aliphatic rings. The molecule has 1 fully saturated rings. The Morgan fingerprint density at radius 1 is 1.67 bits per heavy atom. The summed E-state index contributed by atoms with van der Waals surface area (Å²) in [7, 11) is 0. The maximum Gasteiger partial charge on any atom is -0.0200 e. The van der Waals surface area contributed by atoms with Crippen LogP contribution >= 0.6 is 0 Å². The van der Waals surface area contributed by atoms with E-state index in [0.717, 1.165) is 12.3 Å². The number of hydrogen-bond acceptors (Lipinski definition) is 0. The molecular formula is C9H14. The van der Waals surface area contributed by atoms with Gasteiger partial charge in [0.05, 0.1) is 0 Å². The van der Waals surface area contributed by atoms with Crippen LogP contribution in [-0.4, -0.2) is 0 Å². The first-order valence-corrected chi connectivity index (χ1v) is 3.63. The molecule has 0 aromatic carbocycles.